The van der Waals surface area contributed by atoms with E-state index in [-0.39, 0.29) is 16.3 Å². The third-order valence-corrected chi connectivity index (χ3v) is 7.24. The standard InChI is InChI=1S/C18H25N3O2S2/c1-3-23-14(22)18(8-9-18)12-10-19-15(25-2)20-13(12)21-16-4-6-17(24,11-16)7-5-16/h10,24H,3-9,11H2,1-2H3,(H,19,20,21). The number of thioether (sulfide) groups is 1. The summed E-state index contributed by atoms with van der Waals surface area (Å²) in [7, 11) is 0. The van der Waals surface area contributed by atoms with Crippen molar-refractivity contribution in [3.8, 4) is 0 Å². The van der Waals surface area contributed by atoms with E-state index in [0.717, 1.165) is 61.5 Å². The number of esters is 1. The third kappa shape index (κ3) is 2.93. The molecule has 0 atom stereocenters. The van der Waals surface area contributed by atoms with E-state index in [1.807, 2.05) is 19.4 Å². The van der Waals surface area contributed by atoms with E-state index in [4.69, 9.17) is 22.3 Å². The summed E-state index contributed by atoms with van der Waals surface area (Å²) in [5.74, 6) is 0.682. The lowest BCUT2D eigenvalue weighted by Gasteiger charge is -2.30. The van der Waals surface area contributed by atoms with E-state index < -0.39 is 5.41 Å². The van der Waals surface area contributed by atoms with Gasteiger partial charge >= 0.3 is 5.97 Å². The molecule has 1 N–H and O–H groups in total. The highest BCUT2D eigenvalue weighted by molar-refractivity contribution is 7.98. The van der Waals surface area contributed by atoms with Crippen LogP contribution >= 0.6 is 24.4 Å². The average Bonchev–Trinajstić information content (AvgIpc) is 3.26. The van der Waals surface area contributed by atoms with Crippen LogP contribution in [0, 0.1) is 0 Å². The molecule has 5 nitrogen and oxygen atoms in total. The van der Waals surface area contributed by atoms with Gasteiger partial charge in [0, 0.05) is 22.0 Å². The largest absolute Gasteiger partial charge is 0.465 e. The Labute approximate surface area is 158 Å². The first-order valence-corrected chi connectivity index (χ1v) is 10.7. The first-order valence-electron chi connectivity index (χ1n) is 9.04. The second-order valence-electron chi connectivity index (χ2n) is 7.73. The lowest BCUT2D eigenvalue weighted by molar-refractivity contribution is -0.146. The number of thiol groups is 1. The Hall–Kier alpha value is -0.950. The molecule has 3 saturated carbocycles. The summed E-state index contributed by atoms with van der Waals surface area (Å²) in [4.78, 5) is 21.7. The van der Waals surface area contributed by atoms with E-state index >= 15 is 0 Å². The van der Waals surface area contributed by atoms with Crippen LogP contribution in [-0.2, 0) is 14.9 Å². The molecule has 0 aliphatic heterocycles. The molecule has 4 rings (SSSR count). The highest BCUT2D eigenvalue weighted by Gasteiger charge is 2.57. The number of anilines is 1. The first-order chi connectivity index (χ1) is 11.9. The molecule has 7 heteroatoms. The fraction of sp³-hybridized carbons (Fsp3) is 0.722. The van der Waals surface area contributed by atoms with Crippen LogP contribution in [0.1, 0.15) is 57.4 Å². The maximum Gasteiger partial charge on any atom is 0.316 e. The molecule has 0 spiro atoms. The lowest BCUT2D eigenvalue weighted by atomic mass is 9.92. The molecule has 0 aromatic carbocycles. The van der Waals surface area contributed by atoms with E-state index in [1.54, 1.807) is 0 Å². The molecule has 1 heterocycles. The Kier molecular flexibility index (Phi) is 4.22. The molecular weight excluding hydrogens is 354 g/mol. The van der Waals surface area contributed by atoms with Crippen molar-refractivity contribution in [2.24, 2.45) is 0 Å². The molecule has 3 aliphatic carbocycles. The predicted octanol–water partition coefficient (Wildman–Crippen LogP) is 3.59. The minimum Gasteiger partial charge on any atom is -0.465 e. The summed E-state index contributed by atoms with van der Waals surface area (Å²) in [6, 6.07) is 0. The van der Waals surface area contributed by atoms with E-state index in [1.165, 1.54) is 11.8 Å². The van der Waals surface area contributed by atoms with Gasteiger partial charge in [-0.2, -0.15) is 12.6 Å². The summed E-state index contributed by atoms with van der Waals surface area (Å²) in [5, 5.41) is 4.47. The fourth-order valence-electron chi connectivity index (χ4n) is 4.48. The Morgan fingerprint density at radius 1 is 1.32 bits per heavy atom. The van der Waals surface area contributed by atoms with Gasteiger partial charge in [0.25, 0.3) is 0 Å². The maximum absolute atomic E-state index is 12.6. The van der Waals surface area contributed by atoms with E-state index in [0.29, 0.717) is 6.61 Å². The topological polar surface area (TPSA) is 64.1 Å². The van der Waals surface area contributed by atoms with Crippen LogP contribution in [0.3, 0.4) is 0 Å². The van der Waals surface area contributed by atoms with Gasteiger partial charge in [-0.3, -0.25) is 4.79 Å². The lowest BCUT2D eigenvalue weighted by Crippen LogP contribution is -2.35. The van der Waals surface area contributed by atoms with Crippen molar-refractivity contribution in [2.75, 3.05) is 18.2 Å². The number of nitrogens with one attached hydrogen (secondary N) is 1. The molecule has 25 heavy (non-hydrogen) atoms. The van der Waals surface area contributed by atoms with Crippen LogP contribution in [-0.4, -0.2) is 39.1 Å². The van der Waals surface area contributed by atoms with Crippen LogP contribution in [0.4, 0.5) is 5.82 Å². The first kappa shape index (κ1) is 17.5. The van der Waals surface area contributed by atoms with Crippen molar-refractivity contribution in [3.63, 3.8) is 0 Å². The second-order valence-corrected chi connectivity index (χ2v) is 9.45. The summed E-state index contributed by atoms with van der Waals surface area (Å²) in [5.41, 5.74) is 0.411. The number of carbonyl (C=O) groups excluding carboxylic acids is 1. The van der Waals surface area contributed by atoms with Crippen LogP contribution < -0.4 is 5.32 Å². The van der Waals surface area contributed by atoms with Gasteiger partial charge in [0.15, 0.2) is 5.16 Å². The zero-order valence-corrected chi connectivity index (χ0v) is 16.5. The van der Waals surface area contributed by atoms with Gasteiger partial charge in [-0.1, -0.05) is 11.8 Å². The van der Waals surface area contributed by atoms with Gasteiger partial charge in [0.05, 0.1) is 12.0 Å². The smallest absolute Gasteiger partial charge is 0.316 e. The van der Waals surface area contributed by atoms with Gasteiger partial charge in [-0.05, 0) is 58.1 Å². The quantitative estimate of drug-likeness (QED) is 0.341. The summed E-state index contributed by atoms with van der Waals surface area (Å²) >= 11 is 6.41. The molecule has 0 radical (unpaired) electrons. The predicted molar refractivity (Wildman–Crippen MR) is 103 cm³/mol. The van der Waals surface area contributed by atoms with Crippen LogP contribution in [0.2, 0.25) is 0 Å². The summed E-state index contributed by atoms with van der Waals surface area (Å²) in [6.45, 7) is 2.25. The third-order valence-electron chi connectivity index (χ3n) is 6.07. The number of nitrogens with zero attached hydrogens (tertiary/aromatic N) is 2. The number of fused-ring (bicyclic) bond motifs is 2. The minimum atomic E-state index is -0.554. The highest BCUT2D eigenvalue weighted by atomic mass is 32.2. The minimum absolute atomic E-state index is 0.0608. The maximum atomic E-state index is 12.6. The monoisotopic (exact) mass is 379 g/mol. The molecule has 1 aromatic heterocycles. The van der Waals surface area contributed by atoms with E-state index in [9.17, 15) is 4.79 Å². The molecule has 2 bridgehead atoms. The molecule has 0 unspecified atom stereocenters. The molecular formula is C18H25N3O2S2. The summed E-state index contributed by atoms with van der Waals surface area (Å²) < 4.78 is 5.51. The number of ether oxygens (including phenoxy) is 1. The van der Waals surface area contributed by atoms with Crippen molar-refractivity contribution in [3.05, 3.63) is 11.8 Å². The van der Waals surface area contributed by atoms with Crippen molar-refractivity contribution in [1.82, 2.24) is 9.97 Å². The van der Waals surface area contributed by atoms with Crippen LogP contribution in [0.5, 0.6) is 0 Å². The van der Waals surface area contributed by atoms with Crippen molar-refractivity contribution in [2.45, 2.75) is 72.7 Å². The van der Waals surface area contributed by atoms with Gasteiger partial charge in [-0.25, -0.2) is 9.97 Å². The van der Waals surface area contributed by atoms with Gasteiger partial charge in [0.2, 0.25) is 0 Å². The molecule has 3 aliphatic rings. The number of hydrogen-bond acceptors (Lipinski definition) is 7. The SMILES string of the molecule is CCOC(=O)C1(c2cnc(SC)nc2NC23CCC(S)(CC2)C3)CC1. The van der Waals surface area contributed by atoms with Gasteiger partial charge in [-0.15, -0.1) is 0 Å². The number of aromatic nitrogens is 2. The normalized spacial score (nSPS) is 31.8. The Morgan fingerprint density at radius 3 is 2.56 bits per heavy atom. The van der Waals surface area contributed by atoms with Gasteiger partial charge < -0.3 is 10.1 Å². The number of hydrogen-bond donors (Lipinski definition) is 2. The van der Waals surface area contributed by atoms with Crippen LogP contribution in [0.15, 0.2) is 11.4 Å². The molecule has 0 saturated heterocycles. The molecule has 136 valence electrons. The van der Waals surface area contributed by atoms with Crippen molar-refractivity contribution >= 4 is 36.2 Å². The van der Waals surface area contributed by atoms with Gasteiger partial charge in [0.1, 0.15) is 5.82 Å². The molecule has 1 aromatic rings. The van der Waals surface area contributed by atoms with Crippen molar-refractivity contribution < 1.29 is 9.53 Å². The zero-order chi connectivity index (χ0) is 17.7. The Morgan fingerprint density at radius 2 is 2.04 bits per heavy atom. The Balaban J connectivity index is 1.68. The highest BCUT2D eigenvalue weighted by Crippen LogP contribution is 2.57. The molecule has 3 fully saturated rings. The number of carbonyl (C=O) groups is 1. The van der Waals surface area contributed by atoms with E-state index in [2.05, 4.69) is 10.3 Å². The molecule has 0 amide bonds. The number of rotatable bonds is 6. The Bertz CT molecular complexity index is 698. The zero-order valence-electron chi connectivity index (χ0n) is 14.8. The summed E-state index contributed by atoms with van der Waals surface area (Å²) in [6.07, 6.45) is 11.0. The second kappa shape index (κ2) is 6.05. The fourth-order valence-corrected chi connectivity index (χ4v) is 5.35. The average molecular weight is 380 g/mol. The van der Waals surface area contributed by atoms with Crippen LogP contribution in [0.25, 0.3) is 0 Å². The van der Waals surface area contributed by atoms with Crippen molar-refractivity contribution in [1.29, 1.82) is 0 Å².